The lowest BCUT2D eigenvalue weighted by Gasteiger charge is -2.31. The molecule has 25 heavy (non-hydrogen) atoms. The molecule has 2 aromatic rings. The summed E-state index contributed by atoms with van der Waals surface area (Å²) >= 11 is 0. The van der Waals surface area contributed by atoms with Crippen LogP contribution in [0.5, 0.6) is 0 Å². The van der Waals surface area contributed by atoms with Gasteiger partial charge >= 0.3 is 0 Å². The molecule has 0 atom stereocenters. The number of nitrogens with zero attached hydrogens (tertiary/aromatic N) is 4. The van der Waals surface area contributed by atoms with Gasteiger partial charge in [-0.05, 0) is 25.0 Å². The summed E-state index contributed by atoms with van der Waals surface area (Å²) in [5.74, 6) is 0.888. The fourth-order valence-electron chi connectivity index (χ4n) is 2.81. The summed E-state index contributed by atoms with van der Waals surface area (Å²) in [6, 6.07) is 5.59. The molecule has 0 bridgehead atoms. The van der Waals surface area contributed by atoms with E-state index in [9.17, 15) is 9.59 Å². The second-order valence-corrected chi connectivity index (χ2v) is 6.07. The lowest BCUT2D eigenvalue weighted by atomic mass is 10.0. The van der Waals surface area contributed by atoms with Gasteiger partial charge in [0.15, 0.2) is 0 Å². The van der Waals surface area contributed by atoms with Gasteiger partial charge in [-0.15, -0.1) is 0 Å². The highest BCUT2D eigenvalue weighted by molar-refractivity contribution is 5.76. The quantitative estimate of drug-likeness (QED) is 0.875. The number of nitrogens with one attached hydrogen (secondary N) is 1. The molecule has 3 rings (SSSR count). The zero-order chi connectivity index (χ0) is 17.6. The van der Waals surface area contributed by atoms with Crippen molar-refractivity contribution >= 4 is 11.8 Å². The average Bonchev–Trinajstić information content (AvgIpc) is 3.10. The number of aryl methyl sites for hydroxylation is 1. The Bertz CT molecular complexity index is 723. The van der Waals surface area contributed by atoms with Crippen molar-refractivity contribution in [1.82, 2.24) is 25.3 Å². The van der Waals surface area contributed by atoms with Gasteiger partial charge in [0, 0.05) is 45.1 Å². The van der Waals surface area contributed by atoms with Gasteiger partial charge in [-0.2, -0.15) is 4.98 Å². The number of carbonyl (C=O) groups excluding carboxylic acids is 2. The van der Waals surface area contributed by atoms with Crippen molar-refractivity contribution in [3.63, 3.8) is 0 Å². The molecule has 1 N–H and O–H groups in total. The molecule has 132 valence electrons. The first-order valence-corrected chi connectivity index (χ1v) is 8.40. The molecule has 3 heterocycles. The topological polar surface area (TPSA) is 101 Å². The second-order valence-electron chi connectivity index (χ2n) is 6.07. The summed E-state index contributed by atoms with van der Waals surface area (Å²) in [5.41, 5.74) is 0.638. The van der Waals surface area contributed by atoms with Gasteiger partial charge in [0.1, 0.15) is 5.69 Å². The van der Waals surface area contributed by atoms with Crippen LogP contribution >= 0.6 is 0 Å². The predicted octanol–water partition coefficient (Wildman–Crippen LogP) is 1.19. The first-order valence-electron chi connectivity index (χ1n) is 8.40. The molecule has 1 aliphatic heterocycles. The molecule has 0 saturated carbocycles. The Kier molecular flexibility index (Phi) is 5.37. The molecule has 1 saturated heterocycles. The maximum Gasteiger partial charge on any atom is 0.227 e. The van der Waals surface area contributed by atoms with Gasteiger partial charge in [0.05, 0.1) is 0 Å². The van der Waals surface area contributed by atoms with Gasteiger partial charge in [-0.3, -0.25) is 14.6 Å². The largest absolute Gasteiger partial charge is 0.353 e. The Hall–Kier alpha value is -2.77. The predicted molar refractivity (Wildman–Crippen MR) is 89.3 cm³/mol. The van der Waals surface area contributed by atoms with Crippen molar-refractivity contribution in [2.45, 2.75) is 38.6 Å². The van der Waals surface area contributed by atoms with Gasteiger partial charge in [-0.25, -0.2) is 0 Å². The van der Waals surface area contributed by atoms with Crippen LogP contribution in [0.15, 0.2) is 28.9 Å². The summed E-state index contributed by atoms with van der Waals surface area (Å²) in [5, 5.41) is 6.90. The van der Waals surface area contributed by atoms with Crippen LogP contribution in [-0.2, 0) is 16.0 Å². The first kappa shape index (κ1) is 17.1. The molecule has 8 nitrogen and oxygen atoms in total. The van der Waals surface area contributed by atoms with Crippen LogP contribution in [0.4, 0.5) is 0 Å². The number of rotatable bonds is 5. The van der Waals surface area contributed by atoms with Crippen LogP contribution < -0.4 is 5.32 Å². The SMILES string of the molecule is CC(=O)N1CCC(NC(=O)CCc2nc(-c3ccccn3)no2)CC1. The molecule has 0 radical (unpaired) electrons. The maximum atomic E-state index is 12.1. The molecule has 1 fully saturated rings. The van der Waals surface area contributed by atoms with E-state index in [2.05, 4.69) is 20.4 Å². The first-order chi connectivity index (χ1) is 12.1. The minimum Gasteiger partial charge on any atom is -0.353 e. The maximum absolute atomic E-state index is 12.1. The Morgan fingerprint density at radius 1 is 1.32 bits per heavy atom. The number of hydrogen-bond donors (Lipinski definition) is 1. The van der Waals surface area contributed by atoms with E-state index in [1.165, 1.54) is 0 Å². The van der Waals surface area contributed by atoms with Crippen LogP contribution in [0.2, 0.25) is 0 Å². The molecule has 0 aliphatic carbocycles. The Balaban J connectivity index is 1.44. The highest BCUT2D eigenvalue weighted by Crippen LogP contribution is 2.13. The summed E-state index contributed by atoms with van der Waals surface area (Å²) in [6.45, 7) is 2.96. The van der Waals surface area contributed by atoms with Gasteiger partial charge in [-0.1, -0.05) is 11.2 Å². The van der Waals surface area contributed by atoms with Crippen LogP contribution in [-0.4, -0.2) is 51.0 Å². The molecule has 0 aromatic carbocycles. The number of likely N-dealkylation sites (tertiary alicyclic amines) is 1. The van der Waals surface area contributed by atoms with E-state index in [0.29, 0.717) is 36.9 Å². The van der Waals surface area contributed by atoms with Crippen molar-refractivity contribution in [2.24, 2.45) is 0 Å². The zero-order valence-electron chi connectivity index (χ0n) is 14.1. The van der Waals surface area contributed by atoms with Crippen molar-refractivity contribution in [2.75, 3.05) is 13.1 Å². The molecular formula is C17H21N5O3. The summed E-state index contributed by atoms with van der Waals surface area (Å²) in [4.78, 5) is 33.6. The normalized spacial score (nSPS) is 15.2. The van der Waals surface area contributed by atoms with Crippen molar-refractivity contribution in [3.8, 4) is 11.5 Å². The Morgan fingerprint density at radius 3 is 2.80 bits per heavy atom. The minimum absolute atomic E-state index is 0.0427. The van der Waals surface area contributed by atoms with E-state index >= 15 is 0 Å². The summed E-state index contributed by atoms with van der Waals surface area (Å²) in [7, 11) is 0. The van der Waals surface area contributed by atoms with Crippen LogP contribution in [0.1, 0.15) is 32.1 Å². The van der Waals surface area contributed by atoms with Gasteiger partial charge < -0.3 is 14.7 Å². The van der Waals surface area contributed by atoms with E-state index in [1.807, 2.05) is 12.1 Å². The highest BCUT2D eigenvalue weighted by Gasteiger charge is 2.22. The van der Waals surface area contributed by atoms with E-state index in [4.69, 9.17) is 4.52 Å². The molecule has 0 spiro atoms. The number of piperidine rings is 1. The molecule has 8 heteroatoms. The number of hydrogen-bond acceptors (Lipinski definition) is 6. The lowest BCUT2D eigenvalue weighted by Crippen LogP contribution is -2.46. The molecule has 0 unspecified atom stereocenters. The van der Waals surface area contributed by atoms with Crippen LogP contribution in [0, 0.1) is 0 Å². The van der Waals surface area contributed by atoms with Crippen LogP contribution in [0.25, 0.3) is 11.5 Å². The van der Waals surface area contributed by atoms with E-state index in [-0.39, 0.29) is 24.3 Å². The average molecular weight is 343 g/mol. The summed E-state index contributed by atoms with van der Waals surface area (Å²) in [6.07, 6.45) is 3.91. The number of aromatic nitrogens is 3. The summed E-state index contributed by atoms with van der Waals surface area (Å²) < 4.78 is 5.17. The Labute approximate surface area is 145 Å². The zero-order valence-corrected chi connectivity index (χ0v) is 14.1. The fourth-order valence-corrected chi connectivity index (χ4v) is 2.81. The molecular weight excluding hydrogens is 322 g/mol. The van der Waals surface area contributed by atoms with E-state index in [1.54, 1.807) is 24.1 Å². The molecule has 1 aliphatic rings. The van der Waals surface area contributed by atoms with Crippen molar-refractivity contribution in [1.29, 1.82) is 0 Å². The van der Waals surface area contributed by atoms with Gasteiger partial charge in [0.25, 0.3) is 0 Å². The smallest absolute Gasteiger partial charge is 0.227 e. The molecule has 2 aromatic heterocycles. The fraction of sp³-hybridized carbons (Fsp3) is 0.471. The second kappa shape index (κ2) is 7.87. The number of carbonyl (C=O) groups is 2. The monoisotopic (exact) mass is 343 g/mol. The third-order valence-corrected chi connectivity index (χ3v) is 4.23. The molecule has 2 amide bonds. The third-order valence-electron chi connectivity index (χ3n) is 4.23. The highest BCUT2D eigenvalue weighted by atomic mass is 16.5. The van der Waals surface area contributed by atoms with E-state index < -0.39 is 0 Å². The van der Waals surface area contributed by atoms with Gasteiger partial charge in [0.2, 0.25) is 23.5 Å². The standard InChI is InChI=1S/C17H21N5O3/c1-12(23)22-10-7-13(8-11-22)19-15(24)5-6-16-20-17(21-25-16)14-4-2-3-9-18-14/h2-4,9,13H,5-8,10-11H2,1H3,(H,19,24). The van der Waals surface area contributed by atoms with Crippen LogP contribution in [0.3, 0.4) is 0 Å². The minimum atomic E-state index is -0.0427. The van der Waals surface area contributed by atoms with Crippen molar-refractivity contribution < 1.29 is 14.1 Å². The van der Waals surface area contributed by atoms with Crippen molar-refractivity contribution in [3.05, 3.63) is 30.3 Å². The lowest BCUT2D eigenvalue weighted by molar-refractivity contribution is -0.130. The number of amides is 2. The Morgan fingerprint density at radius 2 is 2.12 bits per heavy atom. The van der Waals surface area contributed by atoms with E-state index in [0.717, 1.165) is 12.8 Å². The number of pyridine rings is 1. The third kappa shape index (κ3) is 4.62.